The van der Waals surface area contributed by atoms with E-state index in [0.717, 1.165) is 36.8 Å². The number of amides is 1. The number of likely N-dealkylation sites (N-methyl/N-ethyl adjacent to an activating group) is 1. The van der Waals surface area contributed by atoms with E-state index in [1.807, 2.05) is 45.9 Å². The highest BCUT2D eigenvalue weighted by Crippen LogP contribution is 2.61. The minimum absolute atomic E-state index is 0.0520. The zero-order chi connectivity index (χ0) is 38.9. The summed E-state index contributed by atoms with van der Waals surface area (Å²) in [5, 5.41) is 24.3. The molecular formula is C43H59FN2O8. The molecule has 2 N–H and O–H groups in total. The number of allylic oxidation sites excluding steroid dienone is 1. The van der Waals surface area contributed by atoms with Crippen LogP contribution in [0.2, 0.25) is 0 Å². The minimum atomic E-state index is -1.38. The van der Waals surface area contributed by atoms with Crippen molar-refractivity contribution in [2.75, 3.05) is 40.1 Å². The quantitative estimate of drug-likeness (QED) is 0.0890. The molecule has 0 radical (unpaired) electrons. The first-order valence-corrected chi connectivity index (χ1v) is 19.4. The van der Waals surface area contributed by atoms with E-state index in [2.05, 4.69) is 17.8 Å². The molecule has 10 nitrogen and oxygen atoms in total. The topological polar surface area (TPSA) is 119 Å². The van der Waals surface area contributed by atoms with Crippen LogP contribution >= 0.6 is 0 Å². The smallest absolute Gasteiger partial charge is 0.410 e. The van der Waals surface area contributed by atoms with Crippen molar-refractivity contribution in [3.63, 3.8) is 0 Å². The van der Waals surface area contributed by atoms with E-state index < -0.39 is 23.8 Å². The maximum atomic E-state index is 14.6. The predicted octanol–water partition coefficient (Wildman–Crippen LogP) is 8.17. The maximum Gasteiger partial charge on any atom is 0.410 e. The van der Waals surface area contributed by atoms with Crippen LogP contribution in [0.15, 0.2) is 71.9 Å². The normalized spacial score (nSPS) is 25.1. The molecule has 0 bridgehead atoms. The van der Waals surface area contributed by atoms with Gasteiger partial charge < -0.3 is 38.9 Å². The largest absolute Gasteiger partial charge is 0.489 e. The van der Waals surface area contributed by atoms with Crippen molar-refractivity contribution in [1.82, 2.24) is 4.90 Å². The van der Waals surface area contributed by atoms with Gasteiger partial charge in [0.25, 0.3) is 0 Å². The summed E-state index contributed by atoms with van der Waals surface area (Å²) in [5.41, 5.74) is 2.78. The average Bonchev–Trinajstić information content (AvgIpc) is 3.15. The summed E-state index contributed by atoms with van der Waals surface area (Å²) in [6.07, 6.45) is 8.37. The number of ether oxygens (including phenoxy) is 4. The van der Waals surface area contributed by atoms with Gasteiger partial charge in [0.2, 0.25) is 5.79 Å². The molecule has 6 atom stereocenters. The Labute approximate surface area is 319 Å². The molecule has 2 aromatic rings. The van der Waals surface area contributed by atoms with Gasteiger partial charge in [-0.2, -0.15) is 0 Å². The molecule has 0 spiro atoms. The Balaban J connectivity index is 1.70. The van der Waals surface area contributed by atoms with Crippen molar-refractivity contribution in [2.45, 2.75) is 97.0 Å². The number of fused-ring (bicyclic) bond motifs is 2. The fourth-order valence-corrected chi connectivity index (χ4v) is 8.24. The number of oxime groups is 1. The Hall–Kier alpha value is -3.93. The number of benzene rings is 2. The van der Waals surface area contributed by atoms with Crippen molar-refractivity contribution in [2.24, 2.45) is 28.3 Å². The minimum Gasteiger partial charge on any atom is -0.489 e. The molecule has 2 aromatic carbocycles. The van der Waals surface area contributed by atoms with Crippen molar-refractivity contribution in [3.8, 4) is 11.5 Å². The number of hydrogen-bond donors (Lipinski definition) is 2. The molecule has 1 amide bonds. The molecule has 1 saturated carbocycles. The summed E-state index contributed by atoms with van der Waals surface area (Å²) < 4.78 is 40.7. The molecular weight excluding hydrogens is 691 g/mol. The zero-order valence-corrected chi connectivity index (χ0v) is 32.6. The Morgan fingerprint density at radius 2 is 1.85 bits per heavy atom. The summed E-state index contributed by atoms with van der Waals surface area (Å²) in [5.74, 6) is -1.04. The fourth-order valence-electron chi connectivity index (χ4n) is 8.24. The SMILES string of the molecule is C=CCOC12Oc3ccc(OCc4ccccc4F)cc3C3C(CCCCO)C(CCCCO)C=C(C(=NOCC)CC1N(C)C(=O)OCC(C)(C)C)C32. The molecule has 0 aromatic heterocycles. The van der Waals surface area contributed by atoms with Crippen molar-refractivity contribution >= 4 is 11.8 Å². The Bertz CT molecular complexity index is 1640. The Morgan fingerprint density at radius 3 is 2.54 bits per heavy atom. The van der Waals surface area contributed by atoms with Crippen LogP contribution < -0.4 is 9.47 Å². The van der Waals surface area contributed by atoms with E-state index in [1.165, 1.54) is 6.07 Å². The number of aliphatic hydroxyl groups excluding tert-OH is 2. The summed E-state index contributed by atoms with van der Waals surface area (Å²) in [4.78, 5) is 21.2. The van der Waals surface area contributed by atoms with Crippen LogP contribution in [0.4, 0.5) is 9.18 Å². The zero-order valence-electron chi connectivity index (χ0n) is 32.6. The predicted molar refractivity (Wildman–Crippen MR) is 206 cm³/mol. The number of carbonyl (C=O) groups excluding carboxylic acids is 1. The fraction of sp³-hybridized carbons (Fsp3) is 0.581. The van der Waals surface area contributed by atoms with Gasteiger partial charge in [0.1, 0.15) is 36.6 Å². The van der Waals surface area contributed by atoms with E-state index in [9.17, 15) is 19.4 Å². The Kier molecular flexibility index (Phi) is 14.2. The van der Waals surface area contributed by atoms with Gasteiger partial charge in [0.15, 0.2) is 0 Å². The molecule has 3 aliphatic rings. The van der Waals surface area contributed by atoms with E-state index in [4.69, 9.17) is 23.8 Å². The molecule has 1 fully saturated rings. The third-order valence-corrected chi connectivity index (χ3v) is 10.7. The van der Waals surface area contributed by atoms with Crippen LogP contribution in [-0.2, 0) is 20.9 Å². The number of carbonyl (C=O) groups is 1. The van der Waals surface area contributed by atoms with Crippen molar-refractivity contribution in [1.29, 1.82) is 0 Å². The second-order valence-electron chi connectivity index (χ2n) is 15.8. The molecule has 1 heterocycles. The summed E-state index contributed by atoms with van der Waals surface area (Å²) in [7, 11) is 1.72. The highest BCUT2D eigenvalue weighted by molar-refractivity contribution is 6.02. The lowest BCUT2D eigenvalue weighted by atomic mass is 9.55. The number of halogens is 1. The lowest BCUT2D eigenvalue weighted by Crippen LogP contribution is -2.69. The second-order valence-corrected chi connectivity index (χ2v) is 15.8. The van der Waals surface area contributed by atoms with Gasteiger partial charge in [0.05, 0.1) is 24.8 Å². The first kappa shape index (κ1) is 41.2. The summed E-state index contributed by atoms with van der Waals surface area (Å²) in [6, 6.07) is 11.6. The standard InChI is InChI=1S/C43H59FN2O8/c1-7-23-52-43-38(46(6)41(49)51-28-42(3,4)5)26-36(45-53-8-2)33-24-29(15-11-13-21-47)32(17-12-14-22-48)39(40(33)43)34-25-31(19-20-37(34)54-43)50-27-30-16-9-10-18-35(30)44/h7,9-10,16,18-20,24-25,29,32,38-40,47-48H,1,8,11-15,17,21-23,26-28H2,2-6H3. The average molecular weight is 751 g/mol. The molecule has 5 rings (SSSR count). The summed E-state index contributed by atoms with van der Waals surface area (Å²) >= 11 is 0. The van der Waals surface area contributed by atoms with E-state index in [0.29, 0.717) is 42.2 Å². The summed E-state index contributed by atoms with van der Waals surface area (Å²) in [6.45, 7) is 12.9. The van der Waals surface area contributed by atoms with Crippen LogP contribution in [0.5, 0.6) is 11.5 Å². The monoisotopic (exact) mass is 750 g/mol. The molecule has 296 valence electrons. The highest BCUT2D eigenvalue weighted by Gasteiger charge is 2.65. The molecule has 11 heteroatoms. The first-order chi connectivity index (χ1) is 26.0. The maximum absolute atomic E-state index is 14.6. The highest BCUT2D eigenvalue weighted by atomic mass is 19.1. The van der Waals surface area contributed by atoms with Crippen molar-refractivity contribution < 1.29 is 43.2 Å². The molecule has 0 saturated heterocycles. The van der Waals surface area contributed by atoms with Crippen LogP contribution in [-0.4, -0.2) is 78.8 Å². The van der Waals surface area contributed by atoms with Gasteiger partial charge in [0, 0.05) is 43.7 Å². The van der Waals surface area contributed by atoms with Crippen LogP contribution in [0.1, 0.15) is 89.7 Å². The van der Waals surface area contributed by atoms with Gasteiger partial charge in [-0.25, -0.2) is 9.18 Å². The third kappa shape index (κ3) is 9.29. The molecule has 2 aliphatic carbocycles. The van der Waals surface area contributed by atoms with Crippen LogP contribution in [0, 0.1) is 29.0 Å². The number of rotatable bonds is 18. The molecule has 1 aliphatic heterocycles. The van der Waals surface area contributed by atoms with Crippen LogP contribution in [0.3, 0.4) is 0 Å². The number of nitrogens with zero attached hydrogens (tertiary/aromatic N) is 2. The Morgan fingerprint density at radius 1 is 1.11 bits per heavy atom. The third-order valence-electron chi connectivity index (χ3n) is 10.7. The number of hydrogen-bond acceptors (Lipinski definition) is 9. The van der Waals surface area contributed by atoms with Gasteiger partial charge in [-0.15, -0.1) is 6.58 Å². The van der Waals surface area contributed by atoms with E-state index in [-0.39, 0.29) is 68.4 Å². The lowest BCUT2D eigenvalue weighted by molar-refractivity contribution is -0.253. The van der Waals surface area contributed by atoms with Gasteiger partial charge in [-0.1, -0.05) is 69.1 Å². The van der Waals surface area contributed by atoms with Gasteiger partial charge in [-0.3, -0.25) is 0 Å². The van der Waals surface area contributed by atoms with Gasteiger partial charge in [-0.05, 0) is 79.7 Å². The van der Waals surface area contributed by atoms with Gasteiger partial charge >= 0.3 is 6.09 Å². The van der Waals surface area contributed by atoms with E-state index >= 15 is 0 Å². The van der Waals surface area contributed by atoms with Crippen LogP contribution in [0.25, 0.3) is 0 Å². The van der Waals surface area contributed by atoms with E-state index in [1.54, 1.807) is 36.2 Å². The number of aliphatic hydroxyl groups is 2. The molecule has 54 heavy (non-hydrogen) atoms. The first-order valence-electron chi connectivity index (χ1n) is 19.4. The van der Waals surface area contributed by atoms with Crippen molar-refractivity contribution in [3.05, 3.63) is 83.7 Å². The molecule has 6 unspecified atom stereocenters. The number of unbranched alkanes of at least 4 members (excludes halogenated alkanes) is 2. The second kappa shape index (κ2) is 18.6. The lowest BCUT2D eigenvalue weighted by Gasteiger charge is -2.59.